The van der Waals surface area contributed by atoms with Crippen LogP contribution in [0.3, 0.4) is 0 Å². The third kappa shape index (κ3) is 6.13. The maximum Gasteiger partial charge on any atom is 0.458 e. The van der Waals surface area contributed by atoms with Crippen molar-refractivity contribution in [1.29, 1.82) is 0 Å². The summed E-state index contributed by atoms with van der Waals surface area (Å²) in [7, 11) is 0. The minimum Gasteiger partial charge on any atom is -0.481 e. The number of nitrogens with one attached hydrogen (secondary N) is 1. The van der Waals surface area contributed by atoms with Crippen molar-refractivity contribution in [2.24, 2.45) is 0 Å². The van der Waals surface area contributed by atoms with Crippen LogP contribution in [0.4, 0.5) is 22.0 Å². The van der Waals surface area contributed by atoms with Crippen molar-refractivity contribution in [3.8, 4) is 0 Å². The number of alkyl halides is 5. The highest BCUT2D eigenvalue weighted by molar-refractivity contribution is 5.66. The fourth-order valence-corrected chi connectivity index (χ4v) is 1.93. The zero-order valence-corrected chi connectivity index (χ0v) is 12.3. The molecule has 0 aromatic heterocycles. The molecule has 8 heteroatoms. The molecule has 0 aliphatic heterocycles. The molecule has 0 unspecified atom stereocenters. The molecule has 0 fully saturated rings. The zero-order chi connectivity index (χ0) is 17.5. The number of carboxylic acid groups (broad SMARTS) is 1. The Bertz CT molecular complexity index is 500. The van der Waals surface area contributed by atoms with Crippen molar-refractivity contribution in [2.75, 3.05) is 6.54 Å². The lowest BCUT2D eigenvalue weighted by Gasteiger charge is -2.20. The van der Waals surface area contributed by atoms with Crippen molar-refractivity contribution < 1.29 is 31.9 Å². The van der Waals surface area contributed by atoms with Crippen molar-refractivity contribution in [3.63, 3.8) is 0 Å². The van der Waals surface area contributed by atoms with Crippen LogP contribution in [-0.4, -0.2) is 23.8 Å². The van der Waals surface area contributed by atoms with Gasteiger partial charge in [-0.05, 0) is 24.9 Å². The first kappa shape index (κ1) is 19.3. The molecule has 3 nitrogen and oxygen atoms in total. The predicted molar refractivity (Wildman–Crippen MR) is 74.2 cm³/mol. The van der Waals surface area contributed by atoms with Crippen LogP contribution < -0.4 is 5.32 Å². The highest BCUT2D eigenvalue weighted by Gasteiger charge is 2.58. The van der Waals surface area contributed by atoms with Crippen LogP contribution in [0.25, 0.3) is 0 Å². The number of rotatable bonds is 9. The molecular weight excluding hydrogens is 321 g/mol. The van der Waals surface area contributed by atoms with Crippen LogP contribution in [0.1, 0.15) is 36.8 Å². The van der Waals surface area contributed by atoms with E-state index in [4.69, 9.17) is 5.11 Å². The van der Waals surface area contributed by atoms with E-state index in [2.05, 4.69) is 5.32 Å². The van der Waals surface area contributed by atoms with Gasteiger partial charge in [-0.15, -0.1) is 0 Å². The Labute approximate surface area is 130 Å². The Morgan fingerprint density at radius 3 is 2.13 bits per heavy atom. The molecule has 0 saturated heterocycles. The SMILES string of the molecule is O=C(O)CCCCCNCc1ccc(C(F)(F)C(F)(F)F)cc1. The number of benzene rings is 1. The van der Waals surface area contributed by atoms with Gasteiger partial charge in [0.2, 0.25) is 0 Å². The fraction of sp³-hybridized carbons (Fsp3) is 0.533. The number of unbranched alkanes of at least 4 members (excludes halogenated alkanes) is 2. The summed E-state index contributed by atoms with van der Waals surface area (Å²) >= 11 is 0. The molecule has 1 rings (SSSR count). The second kappa shape index (κ2) is 8.24. The van der Waals surface area contributed by atoms with Gasteiger partial charge in [-0.2, -0.15) is 22.0 Å². The molecule has 1 aromatic carbocycles. The normalized spacial score (nSPS) is 12.4. The van der Waals surface area contributed by atoms with Gasteiger partial charge in [0, 0.05) is 18.5 Å². The molecule has 1 aromatic rings. The maximum absolute atomic E-state index is 13.1. The maximum atomic E-state index is 13.1. The first-order chi connectivity index (χ1) is 10.6. The van der Waals surface area contributed by atoms with Crippen molar-refractivity contribution >= 4 is 5.97 Å². The molecule has 0 amide bonds. The van der Waals surface area contributed by atoms with Crippen LogP contribution in [0.15, 0.2) is 24.3 Å². The molecule has 0 radical (unpaired) electrons. The molecule has 0 atom stereocenters. The fourth-order valence-electron chi connectivity index (χ4n) is 1.93. The number of carboxylic acids is 1. The lowest BCUT2D eigenvalue weighted by Crippen LogP contribution is -2.33. The van der Waals surface area contributed by atoms with Gasteiger partial charge in [-0.3, -0.25) is 4.79 Å². The van der Waals surface area contributed by atoms with E-state index in [1.54, 1.807) is 0 Å². The summed E-state index contributed by atoms with van der Waals surface area (Å²) in [5.41, 5.74) is -0.486. The van der Waals surface area contributed by atoms with E-state index in [9.17, 15) is 26.7 Å². The van der Waals surface area contributed by atoms with Gasteiger partial charge in [0.15, 0.2) is 0 Å². The molecule has 0 aliphatic rings. The number of aliphatic carboxylic acids is 1. The van der Waals surface area contributed by atoms with E-state index < -0.39 is 23.6 Å². The molecule has 0 bridgehead atoms. The summed E-state index contributed by atoms with van der Waals surface area (Å²) < 4.78 is 62.9. The van der Waals surface area contributed by atoms with Crippen LogP contribution >= 0.6 is 0 Å². The van der Waals surface area contributed by atoms with Crippen LogP contribution in [0, 0.1) is 0 Å². The zero-order valence-electron chi connectivity index (χ0n) is 12.3. The Balaban J connectivity index is 2.36. The van der Waals surface area contributed by atoms with Crippen molar-refractivity contribution in [3.05, 3.63) is 35.4 Å². The van der Waals surface area contributed by atoms with Crippen LogP contribution in [0.5, 0.6) is 0 Å². The number of hydrogen-bond acceptors (Lipinski definition) is 2. The van der Waals surface area contributed by atoms with Gasteiger partial charge in [-0.1, -0.05) is 30.7 Å². The standard InChI is InChI=1S/C15H18F5NO2/c16-14(17,15(18,19)20)12-7-5-11(6-8-12)10-21-9-3-1-2-4-13(22)23/h5-8,21H,1-4,9-10H2,(H,22,23). The average Bonchev–Trinajstić information content (AvgIpc) is 2.45. The van der Waals surface area contributed by atoms with Gasteiger partial charge in [0.05, 0.1) is 0 Å². The Morgan fingerprint density at radius 1 is 1.00 bits per heavy atom. The first-order valence-electron chi connectivity index (χ1n) is 7.11. The smallest absolute Gasteiger partial charge is 0.458 e. The largest absolute Gasteiger partial charge is 0.481 e. The summed E-state index contributed by atoms with van der Waals surface area (Å²) in [5.74, 6) is -5.70. The van der Waals surface area contributed by atoms with E-state index in [0.717, 1.165) is 25.0 Å². The molecule has 0 spiro atoms. The summed E-state index contributed by atoms with van der Waals surface area (Å²) in [6.45, 7) is 0.955. The summed E-state index contributed by atoms with van der Waals surface area (Å²) in [4.78, 5) is 10.3. The molecule has 0 heterocycles. The molecule has 130 valence electrons. The van der Waals surface area contributed by atoms with Crippen LogP contribution in [0.2, 0.25) is 0 Å². The molecule has 0 aliphatic carbocycles. The highest BCUT2D eigenvalue weighted by Crippen LogP contribution is 2.43. The Kier molecular flexibility index (Phi) is 6.93. The van der Waals surface area contributed by atoms with Crippen molar-refractivity contribution in [1.82, 2.24) is 5.32 Å². The number of halogens is 5. The molecular formula is C15H18F5NO2. The van der Waals surface area contributed by atoms with E-state index in [1.807, 2.05) is 0 Å². The lowest BCUT2D eigenvalue weighted by atomic mass is 10.1. The van der Waals surface area contributed by atoms with Gasteiger partial charge in [-0.25, -0.2) is 0 Å². The number of carbonyl (C=O) groups is 1. The second-order valence-corrected chi connectivity index (χ2v) is 5.15. The Hall–Kier alpha value is -1.70. The second-order valence-electron chi connectivity index (χ2n) is 5.15. The Morgan fingerprint density at radius 2 is 1.61 bits per heavy atom. The molecule has 2 N–H and O–H groups in total. The minimum atomic E-state index is -5.61. The van der Waals surface area contributed by atoms with E-state index >= 15 is 0 Å². The van der Waals surface area contributed by atoms with Gasteiger partial charge in [0.1, 0.15) is 0 Å². The average molecular weight is 339 g/mol. The quantitative estimate of drug-likeness (QED) is 0.527. The lowest BCUT2D eigenvalue weighted by molar-refractivity contribution is -0.289. The van der Waals surface area contributed by atoms with Gasteiger partial charge >= 0.3 is 18.1 Å². The van der Waals surface area contributed by atoms with E-state index in [-0.39, 0.29) is 6.42 Å². The van der Waals surface area contributed by atoms with Gasteiger partial charge < -0.3 is 10.4 Å². The minimum absolute atomic E-state index is 0.120. The monoisotopic (exact) mass is 339 g/mol. The predicted octanol–water partition coefficient (Wildman–Crippen LogP) is 4.08. The number of hydrogen-bond donors (Lipinski definition) is 2. The highest BCUT2D eigenvalue weighted by atomic mass is 19.4. The summed E-state index contributed by atoms with van der Waals surface area (Å²) in [5, 5.41) is 11.5. The third-order valence-electron chi connectivity index (χ3n) is 3.25. The third-order valence-corrected chi connectivity index (χ3v) is 3.25. The first-order valence-corrected chi connectivity index (χ1v) is 7.11. The summed E-state index contributed by atoms with van der Waals surface area (Å²) in [6, 6.07) is 4.01. The topological polar surface area (TPSA) is 49.3 Å². The van der Waals surface area contributed by atoms with Gasteiger partial charge in [0.25, 0.3) is 0 Å². The van der Waals surface area contributed by atoms with Crippen molar-refractivity contribution in [2.45, 2.75) is 44.3 Å². The van der Waals surface area contributed by atoms with E-state index in [1.165, 1.54) is 12.1 Å². The van der Waals surface area contributed by atoms with Crippen LogP contribution in [-0.2, 0) is 17.3 Å². The molecule has 0 saturated carbocycles. The summed E-state index contributed by atoms with van der Waals surface area (Å²) in [6.07, 6.45) is -3.40. The molecule has 23 heavy (non-hydrogen) atoms. The van der Waals surface area contributed by atoms with E-state index in [0.29, 0.717) is 25.1 Å².